The van der Waals surface area contributed by atoms with E-state index in [4.69, 9.17) is 4.52 Å². The van der Waals surface area contributed by atoms with E-state index in [-0.39, 0.29) is 5.91 Å². The first-order valence-corrected chi connectivity index (χ1v) is 10.1. The van der Waals surface area contributed by atoms with Gasteiger partial charge in [-0.2, -0.15) is 16.3 Å². The maximum Gasteiger partial charge on any atom is 0.227 e. The zero-order valence-corrected chi connectivity index (χ0v) is 15.2. The summed E-state index contributed by atoms with van der Waals surface area (Å²) in [6.45, 7) is 0.757. The second-order valence-corrected chi connectivity index (χ2v) is 7.66. The molecule has 0 spiro atoms. The number of anilines is 1. The molecule has 0 radical (unpaired) electrons. The van der Waals surface area contributed by atoms with Crippen LogP contribution in [0.4, 0.5) is 5.69 Å². The molecule has 7 heteroatoms. The minimum Gasteiger partial charge on any atom is -0.339 e. The Morgan fingerprint density at radius 3 is 3.08 bits per heavy atom. The molecule has 1 aliphatic rings. The number of benzene rings is 1. The SMILES string of the molecule is O=C(CCc1nc(-c2ccsc2)no1)N1CCCSc2ccccc21. The summed E-state index contributed by atoms with van der Waals surface area (Å²) in [7, 11) is 0. The Morgan fingerprint density at radius 1 is 1.28 bits per heavy atom. The van der Waals surface area contributed by atoms with E-state index in [0.29, 0.717) is 24.6 Å². The molecule has 1 amide bonds. The van der Waals surface area contributed by atoms with Crippen molar-refractivity contribution < 1.29 is 9.32 Å². The molecule has 25 heavy (non-hydrogen) atoms. The van der Waals surface area contributed by atoms with Gasteiger partial charge in [0.25, 0.3) is 0 Å². The molecular weight excluding hydrogens is 354 g/mol. The van der Waals surface area contributed by atoms with Crippen LogP contribution in [0.25, 0.3) is 11.4 Å². The van der Waals surface area contributed by atoms with Gasteiger partial charge in [-0.15, -0.1) is 11.8 Å². The average Bonchev–Trinajstić information content (AvgIpc) is 3.27. The van der Waals surface area contributed by atoms with Crippen molar-refractivity contribution in [3.63, 3.8) is 0 Å². The summed E-state index contributed by atoms with van der Waals surface area (Å²) in [5, 5.41) is 7.95. The van der Waals surface area contributed by atoms with Crippen LogP contribution in [0, 0.1) is 0 Å². The van der Waals surface area contributed by atoms with Gasteiger partial charge in [0.15, 0.2) is 0 Å². The third-order valence-electron chi connectivity index (χ3n) is 4.04. The number of rotatable bonds is 4. The zero-order valence-electron chi connectivity index (χ0n) is 13.6. The molecule has 0 saturated carbocycles. The van der Waals surface area contributed by atoms with Crippen LogP contribution in [0.5, 0.6) is 0 Å². The summed E-state index contributed by atoms with van der Waals surface area (Å²) in [6, 6.07) is 10.1. The number of thiophene rings is 1. The van der Waals surface area contributed by atoms with Crippen LogP contribution in [-0.4, -0.2) is 28.3 Å². The molecule has 4 rings (SSSR count). The Kier molecular flexibility index (Phi) is 4.85. The lowest BCUT2D eigenvalue weighted by atomic mass is 10.2. The number of fused-ring (bicyclic) bond motifs is 1. The van der Waals surface area contributed by atoms with E-state index in [1.807, 2.05) is 51.7 Å². The van der Waals surface area contributed by atoms with Crippen molar-refractivity contribution in [3.8, 4) is 11.4 Å². The fourth-order valence-electron chi connectivity index (χ4n) is 2.80. The Bertz CT molecular complexity index is 861. The normalized spacial score (nSPS) is 14.2. The molecule has 0 bridgehead atoms. The maximum atomic E-state index is 12.8. The van der Waals surface area contributed by atoms with Crippen molar-refractivity contribution in [3.05, 3.63) is 47.0 Å². The minimum absolute atomic E-state index is 0.102. The smallest absolute Gasteiger partial charge is 0.227 e. The molecule has 1 aliphatic heterocycles. The minimum atomic E-state index is 0.102. The van der Waals surface area contributed by atoms with E-state index in [1.165, 1.54) is 4.90 Å². The summed E-state index contributed by atoms with van der Waals surface area (Å²) >= 11 is 3.40. The maximum absolute atomic E-state index is 12.8. The van der Waals surface area contributed by atoms with E-state index in [2.05, 4.69) is 16.2 Å². The van der Waals surface area contributed by atoms with Gasteiger partial charge in [0.2, 0.25) is 17.6 Å². The van der Waals surface area contributed by atoms with Gasteiger partial charge < -0.3 is 9.42 Å². The molecule has 0 fully saturated rings. The number of thioether (sulfide) groups is 1. The van der Waals surface area contributed by atoms with Gasteiger partial charge in [-0.25, -0.2) is 0 Å². The highest BCUT2D eigenvalue weighted by Gasteiger charge is 2.21. The molecule has 0 saturated heterocycles. The number of carbonyl (C=O) groups excluding carboxylic acids is 1. The Balaban J connectivity index is 1.44. The van der Waals surface area contributed by atoms with Gasteiger partial charge in [0.05, 0.1) is 5.69 Å². The van der Waals surface area contributed by atoms with Crippen molar-refractivity contribution >= 4 is 34.7 Å². The predicted octanol–water partition coefficient (Wildman–Crippen LogP) is 4.26. The number of para-hydroxylation sites is 1. The van der Waals surface area contributed by atoms with Crippen LogP contribution in [0.2, 0.25) is 0 Å². The molecule has 128 valence electrons. The summed E-state index contributed by atoms with van der Waals surface area (Å²) in [4.78, 5) is 20.2. The third kappa shape index (κ3) is 3.62. The van der Waals surface area contributed by atoms with Crippen molar-refractivity contribution in [2.24, 2.45) is 0 Å². The van der Waals surface area contributed by atoms with Crippen LogP contribution in [-0.2, 0) is 11.2 Å². The highest BCUT2D eigenvalue weighted by molar-refractivity contribution is 7.99. The van der Waals surface area contributed by atoms with Crippen LogP contribution in [0.15, 0.2) is 50.5 Å². The van der Waals surface area contributed by atoms with Gasteiger partial charge >= 0.3 is 0 Å². The van der Waals surface area contributed by atoms with Crippen LogP contribution in [0.3, 0.4) is 0 Å². The second kappa shape index (κ2) is 7.41. The molecule has 0 N–H and O–H groups in total. The number of aryl methyl sites for hydroxylation is 1. The summed E-state index contributed by atoms with van der Waals surface area (Å²) < 4.78 is 5.29. The Labute approximate surface area is 154 Å². The standard InChI is InChI=1S/C18H17N3O2S2/c22-17(21-9-3-10-25-15-5-2-1-4-14(15)21)7-6-16-19-18(20-23-16)13-8-11-24-12-13/h1-2,4-5,8,11-12H,3,6-7,9-10H2. The van der Waals surface area contributed by atoms with Gasteiger partial charge in [-0.1, -0.05) is 17.3 Å². The first kappa shape index (κ1) is 16.4. The van der Waals surface area contributed by atoms with E-state index in [0.717, 1.165) is 30.0 Å². The molecule has 0 unspecified atom stereocenters. The number of amides is 1. The second-order valence-electron chi connectivity index (χ2n) is 5.74. The fraction of sp³-hybridized carbons (Fsp3) is 0.278. The van der Waals surface area contributed by atoms with Crippen LogP contribution >= 0.6 is 23.1 Å². The molecule has 0 atom stereocenters. The zero-order chi connectivity index (χ0) is 17.1. The molecule has 3 heterocycles. The molecule has 5 nitrogen and oxygen atoms in total. The number of nitrogens with zero attached hydrogens (tertiary/aromatic N) is 3. The fourth-order valence-corrected chi connectivity index (χ4v) is 4.43. The first-order valence-electron chi connectivity index (χ1n) is 8.18. The Hall–Kier alpha value is -2.12. The average molecular weight is 371 g/mol. The van der Waals surface area contributed by atoms with Gasteiger partial charge in [-0.05, 0) is 35.8 Å². The lowest BCUT2D eigenvalue weighted by molar-refractivity contribution is -0.118. The first-order chi connectivity index (χ1) is 12.3. The van der Waals surface area contributed by atoms with Crippen LogP contribution < -0.4 is 4.90 Å². The predicted molar refractivity (Wildman–Crippen MR) is 100 cm³/mol. The Morgan fingerprint density at radius 2 is 2.20 bits per heavy atom. The molecule has 0 aliphatic carbocycles. The quantitative estimate of drug-likeness (QED) is 0.686. The number of carbonyl (C=O) groups is 1. The monoisotopic (exact) mass is 371 g/mol. The van der Waals surface area contributed by atoms with E-state index in [9.17, 15) is 4.79 Å². The topological polar surface area (TPSA) is 59.2 Å². The van der Waals surface area contributed by atoms with Crippen molar-refractivity contribution in [1.29, 1.82) is 0 Å². The lowest BCUT2D eigenvalue weighted by Gasteiger charge is -2.22. The van der Waals surface area contributed by atoms with Gasteiger partial charge in [0, 0.05) is 35.2 Å². The number of hydrogen-bond donors (Lipinski definition) is 0. The summed E-state index contributed by atoms with van der Waals surface area (Å²) in [5.41, 5.74) is 1.96. The van der Waals surface area contributed by atoms with E-state index < -0.39 is 0 Å². The highest BCUT2D eigenvalue weighted by atomic mass is 32.2. The van der Waals surface area contributed by atoms with Crippen LogP contribution in [0.1, 0.15) is 18.7 Å². The van der Waals surface area contributed by atoms with Crippen molar-refractivity contribution in [1.82, 2.24) is 10.1 Å². The van der Waals surface area contributed by atoms with Gasteiger partial charge in [-0.3, -0.25) is 4.79 Å². The van der Waals surface area contributed by atoms with E-state index in [1.54, 1.807) is 11.3 Å². The lowest BCUT2D eigenvalue weighted by Crippen LogP contribution is -2.32. The van der Waals surface area contributed by atoms with Crippen molar-refractivity contribution in [2.45, 2.75) is 24.2 Å². The molecule has 3 aromatic rings. The molecular formula is C18H17N3O2S2. The highest BCUT2D eigenvalue weighted by Crippen LogP contribution is 2.33. The van der Waals surface area contributed by atoms with Crippen molar-refractivity contribution in [2.75, 3.05) is 17.2 Å². The molecule has 1 aromatic carbocycles. The third-order valence-corrected chi connectivity index (χ3v) is 5.87. The van der Waals surface area contributed by atoms with Gasteiger partial charge in [0.1, 0.15) is 0 Å². The summed E-state index contributed by atoms with van der Waals surface area (Å²) in [6.07, 6.45) is 1.82. The molecule has 2 aromatic heterocycles. The number of hydrogen-bond acceptors (Lipinski definition) is 6. The number of aromatic nitrogens is 2. The van der Waals surface area contributed by atoms with E-state index >= 15 is 0 Å². The summed E-state index contributed by atoms with van der Waals surface area (Å²) in [5.74, 6) is 2.23. The largest absolute Gasteiger partial charge is 0.339 e.